The summed E-state index contributed by atoms with van der Waals surface area (Å²) in [6, 6.07) is 0.739. The molecule has 1 aliphatic carbocycles. The predicted octanol–water partition coefficient (Wildman–Crippen LogP) is 2.89. The molecule has 2 heteroatoms. The minimum absolute atomic E-state index is 0.297. The predicted molar refractivity (Wildman–Crippen MR) is 74.2 cm³/mol. The highest BCUT2D eigenvalue weighted by molar-refractivity contribution is 4.93. The summed E-state index contributed by atoms with van der Waals surface area (Å²) in [4.78, 5) is 2.75. The van der Waals surface area contributed by atoms with Crippen LogP contribution in [0.15, 0.2) is 0 Å². The first-order valence-corrected chi connectivity index (χ1v) is 7.47. The van der Waals surface area contributed by atoms with E-state index >= 15 is 0 Å². The summed E-state index contributed by atoms with van der Waals surface area (Å²) in [6.07, 6.45) is 5.88. The molecule has 2 nitrogen and oxygen atoms in total. The topological polar surface area (TPSA) is 15.3 Å². The second-order valence-electron chi connectivity index (χ2n) is 7.13. The molecule has 0 radical (unpaired) electrons. The fraction of sp³-hybridized carbons (Fsp3) is 1.00. The monoisotopic (exact) mass is 238 g/mol. The van der Waals surface area contributed by atoms with Crippen LogP contribution in [0.2, 0.25) is 0 Å². The van der Waals surface area contributed by atoms with Crippen LogP contribution in [0.1, 0.15) is 53.4 Å². The van der Waals surface area contributed by atoms with Crippen LogP contribution in [0.25, 0.3) is 0 Å². The molecule has 2 aliphatic rings. The number of nitrogens with one attached hydrogen (secondary N) is 1. The lowest BCUT2D eigenvalue weighted by Crippen LogP contribution is -2.63. The van der Waals surface area contributed by atoms with E-state index in [2.05, 4.69) is 37.9 Å². The summed E-state index contributed by atoms with van der Waals surface area (Å²) >= 11 is 0. The van der Waals surface area contributed by atoms with Gasteiger partial charge in [0.1, 0.15) is 0 Å². The highest BCUT2D eigenvalue weighted by Crippen LogP contribution is 2.30. The number of hydrogen-bond acceptors (Lipinski definition) is 2. The van der Waals surface area contributed by atoms with Crippen molar-refractivity contribution in [2.24, 2.45) is 11.8 Å². The molecule has 100 valence electrons. The van der Waals surface area contributed by atoms with E-state index in [-0.39, 0.29) is 0 Å². The fourth-order valence-corrected chi connectivity index (χ4v) is 3.22. The maximum atomic E-state index is 3.69. The van der Waals surface area contributed by atoms with Gasteiger partial charge in [-0.3, -0.25) is 4.90 Å². The molecule has 1 saturated carbocycles. The number of rotatable bonds is 4. The van der Waals surface area contributed by atoms with Crippen LogP contribution < -0.4 is 5.32 Å². The Morgan fingerprint density at radius 1 is 1.29 bits per heavy atom. The third-order valence-electron chi connectivity index (χ3n) is 4.68. The molecule has 2 rings (SSSR count). The molecule has 1 N–H and O–H groups in total. The zero-order valence-electron chi connectivity index (χ0n) is 12.1. The SMILES string of the molecule is CC(C)C1CNC(C)(C)CN1CCC1CCC1. The van der Waals surface area contributed by atoms with Gasteiger partial charge >= 0.3 is 0 Å². The van der Waals surface area contributed by atoms with Crippen molar-refractivity contribution in [3.05, 3.63) is 0 Å². The number of nitrogens with zero attached hydrogens (tertiary/aromatic N) is 1. The van der Waals surface area contributed by atoms with E-state index in [1.165, 1.54) is 38.8 Å². The summed E-state index contributed by atoms with van der Waals surface area (Å²) in [7, 11) is 0. The number of piperazine rings is 1. The first kappa shape index (κ1) is 13.4. The normalized spacial score (nSPS) is 30.5. The largest absolute Gasteiger partial charge is 0.309 e. The van der Waals surface area contributed by atoms with Crippen molar-refractivity contribution in [2.75, 3.05) is 19.6 Å². The van der Waals surface area contributed by atoms with Crippen LogP contribution in [0.5, 0.6) is 0 Å². The Morgan fingerprint density at radius 3 is 2.53 bits per heavy atom. The van der Waals surface area contributed by atoms with Crippen molar-refractivity contribution in [3.8, 4) is 0 Å². The standard InChI is InChI=1S/C15H30N2/c1-12(2)14-10-16-15(3,4)11-17(14)9-8-13-6-5-7-13/h12-14,16H,5-11H2,1-4H3. The van der Waals surface area contributed by atoms with Crippen LogP contribution in [0.3, 0.4) is 0 Å². The average Bonchev–Trinajstić information content (AvgIpc) is 2.13. The summed E-state index contributed by atoms with van der Waals surface area (Å²) < 4.78 is 0. The second-order valence-corrected chi connectivity index (χ2v) is 7.13. The molecule has 1 aliphatic heterocycles. The van der Waals surface area contributed by atoms with E-state index in [0.717, 1.165) is 24.4 Å². The zero-order valence-corrected chi connectivity index (χ0v) is 12.1. The van der Waals surface area contributed by atoms with Gasteiger partial charge in [-0.25, -0.2) is 0 Å². The van der Waals surface area contributed by atoms with Gasteiger partial charge in [0.25, 0.3) is 0 Å². The molecule has 1 atom stereocenters. The second kappa shape index (κ2) is 5.27. The Kier molecular flexibility index (Phi) is 4.14. The van der Waals surface area contributed by atoms with Gasteiger partial charge in [-0.2, -0.15) is 0 Å². The van der Waals surface area contributed by atoms with Gasteiger partial charge in [0, 0.05) is 24.7 Å². The highest BCUT2D eigenvalue weighted by atomic mass is 15.2. The molecule has 0 aromatic carbocycles. The quantitative estimate of drug-likeness (QED) is 0.810. The minimum Gasteiger partial charge on any atom is -0.309 e. The van der Waals surface area contributed by atoms with Crippen LogP contribution in [0.4, 0.5) is 0 Å². The van der Waals surface area contributed by atoms with E-state index in [1.807, 2.05) is 0 Å². The molecular formula is C15H30N2. The first-order valence-electron chi connectivity index (χ1n) is 7.47. The van der Waals surface area contributed by atoms with Crippen molar-refractivity contribution in [1.82, 2.24) is 10.2 Å². The van der Waals surface area contributed by atoms with E-state index in [1.54, 1.807) is 0 Å². The molecule has 2 fully saturated rings. The van der Waals surface area contributed by atoms with Crippen LogP contribution in [-0.2, 0) is 0 Å². The van der Waals surface area contributed by atoms with Gasteiger partial charge in [-0.1, -0.05) is 33.1 Å². The smallest absolute Gasteiger partial charge is 0.0252 e. The summed E-state index contributed by atoms with van der Waals surface area (Å²) in [5.74, 6) is 1.81. The van der Waals surface area contributed by atoms with Crippen molar-refractivity contribution in [3.63, 3.8) is 0 Å². The van der Waals surface area contributed by atoms with Crippen LogP contribution >= 0.6 is 0 Å². The summed E-state index contributed by atoms with van der Waals surface area (Å²) in [6.45, 7) is 13.1. The highest BCUT2D eigenvalue weighted by Gasteiger charge is 2.34. The van der Waals surface area contributed by atoms with Gasteiger partial charge in [0.15, 0.2) is 0 Å². The molecule has 0 amide bonds. The Hall–Kier alpha value is -0.0800. The summed E-state index contributed by atoms with van der Waals surface area (Å²) in [5, 5.41) is 3.69. The lowest BCUT2D eigenvalue weighted by atomic mass is 9.82. The number of hydrogen-bond donors (Lipinski definition) is 1. The Bertz CT molecular complexity index is 243. The van der Waals surface area contributed by atoms with Gasteiger partial charge in [-0.05, 0) is 38.6 Å². The van der Waals surface area contributed by atoms with Crippen molar-refractivity contribution in [2.45, 2.75) is 65.0 Å². The molecule has 17 heavy (non-hydrogen) atoms. The molecule has 0 bridgehead atoms. The molecule has 1 saturated heterocycles. The van der Waals surface area contributed by atoms with Gasteiger partial charge in [0.05, 0.1) is 0 Å². The van der Waals surface area contributed by atoms with E-state index in [4.69, 9.17) is 0 Å². The summed E-state index contributed by atoms with van der Waals surface area (Å²) in [5.41, 5.74) is 0.297. The van der Waals surface area contributed by atoms with Crippen molar-refractivity contribution >= 4 is 0 Å². The van der Waals surface area contributed by atoms with E-state index in [9.17, 15) is 0 Å². The lowest BCUT2D eigenvalue weighted by molar-refractivity contribution is 0.0599. The first-order chi connectivity index (χ1) is 7.98. The van der Waals surface area contributed by atoms with E-state index in [0.29, 0.717) is 5.54 Å². The van der Waals surface area contributed by atoms with Crippen molar-refractivity contribution < 1.29 is 0 Å². The lowest BCUT2D eigenvalue weighted by Gasteiger charge is -2.47. The van der Waals surface area contributed by atoms with Crippen LogP contribution in [0, 0.1) is 11.8 Å². The average molecular weight is 238 g/mol. The zero-order chi connectivity index (χ0) is 12.5. The Labute approximate surface area is 107 Å². The van der Waals surface area contributed by atoms with Crippen molar-refractivity contribution in [1.29, 1.82) is 0 Å². The maximum absolute atomic E-state index is 3.69. The van der Waals surface area contributed by atoms with Gasteiger partial charge in [-0.15, -0.1) is 0 Å². The third kappa shape index (κ3) is 3.45. The van der Waals surface area contributed by atoms with Gasteiger partial charge < -0.3 is 5.32 Å². The third-order valence-corrected chi connectivity index (χ3v) is 4.68. The minimum atomic E-state index is 0.297. The molecular weight excluding hydrogens is 208 g/mol. The Morgan fingerprint density at radius 2 is 2.00 bits per heavy atom. The molecule has 0 aromatic rings. The van der Waals surface area contributed by atoms with Crippen LogP contribution in [-0.4, -0.2) is 36.1 Å². The Balaban J connectivity index is 1.87. The molecule has 1 unspecified atom stereocenters. The fourth-order valence-electron chi connectivity index (χ4n) is 3.22. The van der Waals surface area contributed by atoms with Gasteiger partial charge in [0.2, 0.25) is 0 Å². The molecule has 1 heterocycles. The molecule has 0 aromatic heterocycles. The van der Waals surface area contributed by atoms with E-state index < -0.39 is 0 Å². The maximum Gasteiger partial charge on any atom is 0.0252 e. The molecule has 0 spiro atoms.